The Kier molecular flexibility index (Phi) is 4.02. The zero-order valence-electron chi connectivity index (χ0n) is 12.2. The minimum atomic E-state index is 0.289. The SMILES string of the molecule is C[C@@H](Nc1ccccc1)c1ccc(-c2ccccc2)cc1. The second kappa shape index (κ2) is 6.27. The first-order valence-electron chi connectivity index (χ1n) is 7.30. The first-order chi connectivity index (χ1) is 10.3. The molecule has 21 heavy (non-hydrogen) atoms. The van der Waals surface area contributed by atoms with Gasteiger partial charge in [-0.25, -0.2) is 0 Å². The highest BCUT2D eigenvalue weighted by atomic mass is 14.9. The maximum Gasteiger partial charge on any atom is 0.0485 e. The van der Waals surface area contributed by atoms with Gasteiger partial charge in [-0.1, -0.05) is 72.8 Å². The molecule has 0 saturated heterocycles. The van der Waals surface area contributed by atoms with Crippen LogP contribution in [0.4, 0.5) is 5.69 Å². The number of hydrogen-bond donors (Lipinski definition) is 1. The number of anilines is 1. The van der Waals surface area contributed by atoms with Crippen LogP contribution in [-0.2, 0) is 0 Å². The van der Waals surface area contributed by atoms with Crippen molar-refractivity contribution < 1.29 is 0 Å². The molecule has 0 unspecified atom stereocenters. The van der Waals surface area contributed by atoms with Crippen LogP contribution in [0.25, 0.3) is 11.1 Å². The van der Waals surface area contributed by atoms with E-state index in [0.29, 0.717) is 0 Å². The van der Waals surface area contributed by atoms with E-state index in [1.807, 2.05) is 24.3 Å². The van der Waals surface area contributed by atoms with Gasteiger partial charge in [0.05, 0.1) is 0 Å². The van der Waals surface area contributed by atoms with Crippen LogP contribution < -0.4 is 5.32 Å². The van der Waals surface area contributed by atoms with Gasteiger partial charge in [0.15, 0.2) is 0 Å². The number of para-hydroxylation sites is 1. The van der Waals surface area contributed by atoms with Crippen molar-refractivity contribution in [3.8, 4) is 11.1 Å². The van der Waals surface area contributed by atoms with Crippen molar-refractivity contribution in [1.29, 1.82) is 0 Å². The summed E-state index contributed by atoms with van der Waals surface area (Å²) in [7, 11) is 0. The minimum Gasteiger partial charge on any atom is -0.379 e. The van der Waals surface area contributed by atoms with Crippen LogP contribution in [0, 0.1) is 0 Å². The summed E-state index contributed by atoms with van der Waals surface area (Å²) in [6, 6.07) is 29.8. The minimum absolute atomic E-state index is 0.289. The van der Waals surface area contributed by atoms with Crippen LogP contribution in [0.15, 0.2) is 84.9 Å². The molecule has 1 atom stereocenters. The lowest BCUT2D eigenvalue weighted by atomic mass is 10.0. The lowest BCUT2D eigenvalue weighted by molar-refractivity contribution is 0.885. The monoisotopic (exact) mass is 273 g/mol. The Hall–Kier alpha value is -2.54. The molecule has 0 aliphatic rings. The highest BCUT2D eigenvalue weighted by molar-refractivity contribution is 5.63. The van der Waals surface area contributed by atoms with E-state index in [4.69, 9.17) is 0 Å². The summed E-state index contributed by atoms with van der Waals surface area (Å²) in [5.41, 5.74) is 4.95. The summed E-state index contributed by atoms with van der Waals surface area (Å²) in [4.78, 5) is 0. The predicted molar refractivity (Wildman–Crippen MR) is 90.4 cm³/mol. The highest BCUT2D eigenvalue weighted by Crippen LogP contribution is 2.23. The molecule has 0 aliphatic heterocycles. The third kappa shape index (κ3) is 3.32. The van der Waals surface area contributed by atoms with Crippen LogP contribution in [0.2, 0.25) is 0 Å². The average Bonchev–Trinajstić information content (AvgIpc) is 2.57. The Morgan fingerprint density at radius 1 is 0.619 bits per heavy atom. The molecule has 0 aliphatic carbocycles. The van der Waals surface area contributed by atoms with Crippen molar-refractivity contribution in [2.75, 3.05) is 5.32 Å². The molecular formula is C20H19N. The van der Waals surface area contributed by atoms with Crippen molar-refractivity contribution in [3.63, 3.8) is 0 Å². The van der Waals surface area contributed by atoms with Crippen LogP contribution in [0.5, 0.6) is 0 Å². The lowest BCUT2D eigenvalue weighted by Gasteiger charge is -2.16. The molecule has 3 rings (SSSR count). The molecular weight excluding hydrogens is 254 g/mol. The van der Waals surface area contributed by atoms with E-state index in [9.17, 15) is 0 Å². The maximum atomic E-state index is 3.52. The second-order valence-corrected chi connectivity index (χ2v) is 5.22. The van der Waals surface area contributed by atoms with Gasteiger partial charge < -0.3 is 5.32 Å². The molecule has 0 saturated carbocycles. The van der Waals surface area contributed by atoms with Crippen molar-refractivity contribution >= 4 is 5.69 Å². The van der Waals surface area contributed by atoms with E-state index in [0.717, 1.165) is 5.69 Å². The molecule has 0 amide bonds. The fraction of sp³-hybridized carbons (Fsp3) is 0.100. The molecule has 0 fully saturated rings. The summed E-state index contributed by atoms with van der Waals surface area (Å²) < 4.78 is 0. The summed E-state index contributed by atoms with van der Waals surface area (Å²) >= 11 is 0. The smallest absolute Gasteiger partial charge is 0.0485 e. The van der Waals surface area contributed by atoms with Gasteiger partial charge in [0, 0.05) is 11.7 Å². The standard InChI is InChI=1S/C20H19N/c1-16(21-20-10-6-3-7-11-20)17-12-14-19(15-13-17)18-8-4-2-5-9-18/h2-16,21H,1H3/t16-/m1/s1. The molecule has 0 radical (unpaired) electrons. The Morgan fingerprint density at radius 3 is 1.76 bits per heavy atom. The van der Waals surface area contributed by atoms with Gasteiger partial charge in [-0.2, -0.15) is 0 Å². The first-order valence-corrected chi connectivity index (χ1v) is 7.30. The van der Waals surface area contributed by atoms with Crippen LogP contribution >= 0.6 is 0 Å². The topological polar surface area (TPSA) is 12.0 Å². The number of benzene rings is 3. The lowest BCUT2D eigenvalue weighted by Crippen LogP contribution is -2.06. The van der Waals surface area contributed by atoms with Crippen molar-refractivity contribution in [3.05, 3.63) is 90.5 Å². The Labute approximate surface area is 126 Å². The summed E-state index contributed by atoms with van der Waals surface area (Å²) in [5.74, 6) is 0. The van der Waals surface area contributed by atoms with Gasteiger partial charge in [-0.15, -0.1) is 0 Å². The highest BCUT2D eigenvalue weighted by Gasteiger charge is 2.05. The van der Waals surface area contributed by atoms with E-state index in [1.165, 1.54) is 16.7 Å². The molecule has 0 heterocycles. The van der Waals surface area contributed by atoms with E-state index < -0.39 is 0 Å². The Bertz CT molecular complexity index is 672. The number of hydrogen-bond acceptors (Lipinski definition) is 1. The zero-order chi connectivity index (χ0) is 14.5. The van der Waals surface area contributed by atoms with Crippen LogP contribution in [-0.4, -0.2) is 0 Å². The van der Waals surface area contributed by atoms with E-state index in [1.54, 1.807) is 0 Å². The molecule has 3 aromatic rings. The molecule has 0 bridgehead atoms. The molecule has 1 nitrogen and oxygen atoms in total. The van der Waals surface area contributed by atoms with E-state index in [-0.39, 0.29) is 6.04 Å². The average molecular weight is 273 g/mol. The molecule has 1 N–H and O–H groups in total. The molecule has 0 aromatic heterocycles. The van der Waals surface area contributed by atoms with Gasteiger partial charge in [0.2, 0.25) is 0 Å². The molecule has 104 valence electrons. The van der Waals surface area contributed by atoms with E-state index in [2.05, 4.69) is 72.9 Å². The van der Waals surface area contributed by atoms with Crippen molar-refractivity contribution in [2.24, 2.45) is 0 Å². The third-order valence-corrected chi connectivity index (χ3v) is 3.67. The van der Waals surface area contributed by atoms with Gasteiger partial charge >= 0.3 is 0 Å². The van der Waals surface area contributed by atoms with Gasteiger partial charge in [0.1, 0.15) is 0 Å². The fourth-order valence-corrected chi connectivity index (χ4v) is 2.46. The zero-order valence-corrected chi connectivity index (χ0v) is 12.2. The molecule has 0 spiro atoms. The van der Waals surface area contributed by atoms with E-state index >= 15 is 0 Å². The third-order valence-electron chi connectivity index (χ3n) is 3.67. The summed E-state index contributed by atoms with van der Waals surface area (Å²) in [6.07, 6.45) is 0. The summed E-state index contributed by atoms with van der Waals surface area (Å²) in [5, 5.41) is 3.52. The number of rotatable bonds is 4. The molecule has 3 aromatic carbocycles. The van der Waals surface area contributed by atoms with Gasteiger partial charge in [0.25, 0.3) is 0 Å². The van der Waals surface area contributed by atoms with Gasteiger partial charge in [-0.05, 0) is 35.7 Å². The Balaban J connectivity index is 1.75. The van der Waals surface area contributed by atoms with Crippen molar-refractivity contribution in [1.82, 2.24) is 0 Å². The summed E-state index contributed by atoms with van der Waals surface area (Å²) in [6.45, 7) is 2.19. The van der Waals surface area contributed by atoms with Gasteiger partial charge in [-0.3, -0.25) is 0 Å². The molecule has 1 heteroatoms. The predicted octanol–water partition coefficient (Wildman–Crippen LogP) is 5.53. The first kappa shape index (κ1) is 13.4. The number of nitrogens with one attached hydrogen (secondary N) is 1. The quantitative estimate of drug-likeness (QED) is 0.659. The second-order valence-electron chi connectivity index (χ2n) is 5.22. The van der Waals surface area contributed by atoms with Crippen molar-refractivity contribution in [2.45, 2.75) is 13.0 Å². The largest absolute Gasteiger partial charge is 0.379 e. The maximum absolute atomic E-state index is 3.52. The van der Waals surface area contributed by atoms with Crippen LogP contribution in [0.1, 0.15) is 18.5 Å². The van der Waals surface area contributed by atoms with Crippen LogP contribution in [0.3, 0.4) is 0 Å². The normalized spacial score (nSPS) is 11.9. The fourth-order valence-electron chi connectivity index (χ4n) is 2.46. The Morgan fingerprint density at radius 2 is 1.14 bits per heavy atom.